The van der Waals surface area contributed by atoms with Gasteiger partial charge in [0.2, 0.25) is 0 Å². The van der Waals surface area contributed by atoms with E-state index in [0.29, 0.717) is 12.6 Å². The minimum atomic E-state index is -1.37. The number of anilines is 1. The fourth-order valence-electron chi connectivity index (χ4n) is 3.43. The monoisotopic (exact) mass is 284 g/mol. The largest absolute Gasteiger partial charge is 0.364 e. The van der Waals surface area contributed by atoms with Gasteiger partial charge in [-0.3, -0.25) is 4.90 Å². The van der Waals surface area contributed by atoms with Crippen molar-refractivity contribution in [3.63, 3.8) is 0 Å². The average molecular weight is 284 g/mol. The SMILES string of the molecule is CC1CN2CCCCC2CN1c1ccc(F)c(F)c1F. The molecule has 2 saturated heterocycles. The lowest BCUT2D eigenvalue weighted by molar-refractivity contribution is 0.115. The number of piperazine rings is 1. The first-order valence-electron chi connectivity index (χ1n) is 7.22. The minimum Gasteiger partial charge on any atom is -0.364 e. The maximum Gasteiger partial charge on any atom is 0.196 e. The maximum atomic E-state index is 14.0. The Morgan fingerprint density at radius 1 is 1.05 bits per heavy atom. The fourth-order valence-corrected chi connectivity index (χ4v) is 3.43. The molecular weight excluding hydrogens is 265 g/mol. The molecule has 5 heteroatoms. The zero-order valence-electron chi connectivity index (χ0n) is 11.6. The first-order valence-corrected chi connectivity index (χ1v) is 7.22. The maximum absolute atomic E-state index is 14.0. The van der Waals surface area contributed by atoms with Gasteiger partial charge in [-0.05, 0) is 38.4 Å². The topological polar surface area (TPSA) is 6.48 Å². The third-order valence-electron chi connectivity index (χ3n) is 4.51. The van der Waals surface area contributed by atoms with Gasteiger partial charge >= 0.3 is 0 Å². The van der Waals surface area contributed by atoms with Crippen LogP contribution < -0.4 is 4.90 Å². The van der Waals surface area contributed by atoms with Crippen molar-refractivity contribution in [2.75, 3.05) is 24.5 Å². The smallest absolute Gasteiger partial charge is 0.196 e. The van der Waals surface area contributed by atoms with Crippen LogP contribution in [0.25, 0.3) is 0 Å². The van der Waals surface area contributed by atoms with Crippen molar-refractivity contribution in [3.05, 3.63) is 29.6 Å². The number of nitrogens with zero attached hydrogens (tertiary/aromatic N) is 2. The second kappa shape index (κ2) is 5.28. The summed E-state index contributed by atoms with van der Waals surface area (Å²) in [6.45, 7) is 4.63. The van der Waals surface area contributed by atoms with Crippen molar-refractivity contribution < 1.29 is 13.2 Å². The van der Waals surface area contributed by atoms with E-state index < -0.39 is 17.5 Å². The zero-order chi connectivity index (χ0) is 14.3. The first-order chi connectivity index (χ1) is 9.58. The van der Waals surface area contributed by atoms with E-state index in [0.717, 1.165) is 25.6 Å². The van der Waals surface area contributed by atoms with E-state index in [1.165, 1.54) is 18.9 Å². The van der Waals surface area contributed by atoms with Crippen LogP contribution in [-0.2, 0) is 0 Å². The van der Waals surface area contributed by atoms with Gasteiger partial charge in [-0.15, -0.1) is 0 Å². The molecule has 2 heterocycles. The van der Waals surface area contributed by atoms with E-state index in [9.17, 15) is 13.2 Å². The summed E-state index contributed by atoms with van der Waals surface area (Å²) in [6.07, 6.45) is 3.49. The molecule has 1 aromatic carbocycles. The quantitative estimate of drug-likeness (QED) is 0.731. The molecule has 3 rings (SSSR count). The predicted octanol–water partition coefficient (Wildman–Crippen LogP) is 3.17. The van der Waals surface area contributed by atoms with E-state index in [1.807, 2.05) is 11.8 Å². The molecule has 2 aliphatic rings. The predicted molar refractivity (Wildman–Crippen MR) is 72.3 cm³/mol. The van der Waals surface area contributed by atoms with Gasteiger partial charge in [-0.25, -0.2) is 13.2 Å². The Morgan fingerprint density at radius 3 is 2.65 bits per heavy atom. The van der Waals surface area contributed by atoms with Gasteiger partial charge in [-0.1, -0.05) is 6.42 Å². The summed E-state index contributed by atoms with van der Waals surface area (Å²) in [5.41, 5.74) is 0.182. The molecule has 2 atom stereocenters. The van der Waals surface area contributed by atoms with E-state index in [4.69, 9.17) is 0 Å². The molecule has 2 fully saturated rings. The van der Waals surface area contributed by atoms with E-state index in [-0.39, 0.29) is 11.7 Å². The Labute approximate surface area is 117 Å². The third-order valence-corrected chi connectivity index (χ3v) is 4.51. The lowest BCUT2D eigenvalue weighted by Crippen LogP contribution is -2.59. The molecule has 2 nitrogen and oxygen atoms in total. The molecule has 1 aromatic rings. The molecule has 0 saturated carbocycles. The van der Waals surface area contributed by atoms with Crippen LogP contribution in [0.15, 0.2) is 12.1 Å². The Hall–Kier alpha value is -1.23. The van der Waals surface area contributed by atoms with Gasteiger partial charge < -0.3 is 4.90 Å². The summed E-state index contributed by atoms with van der Waals surface area (Å²) in [5, 5.41) is 0. The summed E-state index contributed by atoms with van der Waals surface area (Å²) in [5.74, 6) is -3.57. The average Bonchev–Trinajstić information content (AvgIpc) is 2.45. The standard InChI is InChI=1S/C15H19F3N2/c1-10-8-19-7-3-2-4-11(19)9-20(10)13-6-5-12(16)14(17)15(13)18/h5-6,10-11H,2-4,7-9H2,1H3. The lowest BCUT2D eigenvalue weighted by Gasteiger charge is -2.48. The third kappa shape index (κ3) is 2.28. The Morgan fingerprint density at radius 2 is 1.85 bits per heavy atom. The van der Waals surface area contributed by atoms with E-state index >= 15 is 0 Å². The molecule has 0 N–H and O–H groups in total. The van der Waals surface area contributed by atoms with Crippen LogP contribution in [0.2, 0.25) is 0 Å². The molecule has 0 amide bonds. The van der Waals surface area contributed by atoms with Crippen LogP contribution in [-0.4, -0.2) is 36.6 Å². The van der Waals surface area contributed by atoms with Crippen LogP contribution >= 0.6 is 0 Å². The molecule has 0 radical (unpaired) electrons. The second-order valence-electron chi connectivity index (χ2n) is 5.84. The number of rotatable bonds is 1. The van der Waals surface area contributed by atoms with Crippen LogP contribution in [0.1, 0.15) is 26.2 Å². The summed E-state index contributed by atoms with van der Waals surface area (Å²) < 4.78 is 40.4. The first kappa shape index (κ1) is 13.7. The highest BCUT2D eigenvalue weighted by Crippen LogP contribution is 2.31. The van der Waals surface area contributed by atoms with Crippen LogP contribution in [0, 0.1) is 17.5 Å². The van der Waals surface area contributed by atoms with Crippen molar-refractivity contribution >= 4 is 5.69 Å². The summed E-state index contributed by atoms with van der Waals surface area (Å²) >= 11 is 0. The summed E-state index contributed by atoms with van der Waals surface area (Å²) in [6, 6.07) is 2.85. The van der Waals surface area contributed by atoms with Crippen LogP contribution in [0.5, 0.6) is 0 Å². The number of hydrogen-bond donors (Lipinski definition) is 0. The molecule has 0 aliphatic carbocycles. The van der Waals surface area contributed by atoms with Gasteiger partial charge in [0.05, 0.1) is 5.69 Å². The molecular formula is C15H19F3N2. The summed E-state index contributed by atoms with van der Waals surface area (Å²) in [4.78, 5) is 4.31. The molecule has 2 aliphatic heterocycles. The van der Waals surface area contributed by atoms with Crippen molar-refractivity contribution in [3.8, 4) is 0 Å². The number of benzene rings is 1. The van der Waals surface area contributed by atoms with Crippen LogP contribution in [0.4, 0.5) is 18.9 Å². The van der Waals surface area contributed by atoms with Gasteiger partial charge in [-0.2, -0.15) is 0 Å². The number of piperidine rings is 1. The lowest BCUT2D eigenvalue weighted by atomic mass is 9.96. The molecule has 2 unspecified atom stereocenters. The van der Waals surface area contributed by atoms with Gasteiger partial charge in [0, 0.05) is 25.2 Å². The zero-order valence-corrected chi connectivity index (χ0v) is 11.6. The second-order valence-corrected chi connectivity index (χ2v) is 5.84. The molecule has 0 spiro atoms. The fraction of sp³-hybridized carbons (Fsp3) is 0.600. The molecule has 20 heavy (non-hydrogen) atoms. The Bertz CT molecular complexity index is 506. The molecule has 0 aromatic heterocycles. The highest BCUT2D eigenvalue weighted by molar-refractivity contribution is 5.50. The van der Waals surface area contributed by atoms with Crippen molar-refractivity contribution in [1.29, 1.82) is 0 Å². The Balaban J connectivity index is 1.88. The Kier molecular flexibility index (Phi) is 3.63. The number of halogens is 3. The number of hydrogen-bond acceptors (Lipinski definition) is 2. The highest BCUT2D eigenvalue weighted by atomic mass is 19.2. The van der Waals surface area contributed by atoms with E-state index in [2.05, 4.69) is 4.90 Å². The minimum absolute atomic E-state index is 0.101. The van der Waals surface area contributed by atoms with Crippen molar-refractivity contribution in [2.45, 2.75) is 38.3 Å². The van der Waals surface area contributed by atoms with Crippen LogP contribution in [0.3, 0.4) is 0 Å². The number of fused-ring (bicyclic) bond motifs is 1. The normalized spacial score (nSPS) is 27.5. The van der Waals surface area contributed by atoms with Gasteiger partial charge in [0.1, 0.15) is 0 Å². The van der Waals surface area contributed by atoms with E-state index in [1.54, 1.807) is 0 Å². The van der Waals surface area contributed by atoms with Crippen molar-refractivity contribution in [1.82, 2.24) is 4.90 Å². The summed E-state index contributed by atoms with van der Waals surface area (Å²) in [7, 11) is 0. The molecule has 0 bridgehead atoms. The van der Waals surface area contributed by atoms with Gasteiger partial charge in [0.15, 0.2) is 17.5 Å². The van der Waals surface area contributed by atoms with Crippen molar-refractivity contribution in [2.24, 2.45) is 0 Å². The van der Waals surface area contributed by atoms with Gasteiger partial charge in [0.25, 0.3) is 0 Å². The highest BCUT2D eigenvalue weighted by Gasteiger charge is 2.34. The molecule has 110 valence electrons.